The van der Waals surface area contributed by atoms with Crippen molar-refractivity contribution in [3.05, 3.63) is 35.5 Å². The summed E-state index contributed by atoms with van der Waals surface area (Å²) < 4.78 is 41.7. The highest BCUT2D eigenvalue weighted by atomic mass is 19.4. The minimum atomic E-state index is -4.44. The van der Waals surface area contributed by atoms with Crippen molar-refractivity contribution >= 4 is 0 Å². The van der Waals surface area contributed by atoms with Crippen LogP contribution >= 0.6 is 0 Å². The number of hydrogen-bond donors (Lipinski definition) is 1. The number of aliphatic hydroxyl groups is 1. The lowest BCUT2D eigenvalue weighted by Gasteiger charge is -2.62. The zero-order valence-electron chi connectivity index (χ0n) is 14.4. The molecule has 2 aromatic rings. The average molecular weight is 363 g/mol. The summed E-state index contributed by atoms with van der Waals surface area (Å²) in [5.74, 6) is 1.58. The van der Waals surface area contributed by atoms with Crippen LogP contribution in [-0.4, -0.2) is 19.6 Å². The minimum Gasteiger partial charge on any atom is -0.385 e. The number of halogens is 3. The summed E-state index contributed by atoms with van der Waals surface area (Å²) in [6.07, 6.45) is 3.35. The van der Waals surface area contributed by atoms with E-state index >= 15 is 0 Å². The van der Waals surface area contributed by atoms with Crippen LogP contribution in [0.4, 0.5) is 13.2 Å². The predicted octanol–water partition coefficient (Wildman–Crippen LogP) is 4.22. The zero-order valence-corrected chi connectivity index (χ0v) is 14.4. The highest BCUT2D eigenvalue weighted by Crippen LogP contribution is 2.63. The van der Waals surface area contributed by atoms with Gasteiger partial charge in [-0.3, -0.25) is 4.98 Å². The third kappa shape index (κ3) is 2.32. The predicted molar refractivity (Wildman–Crippen MR) is 88.2 cm³/mol. The van der Waals surface area contributed by atoms with Crippen LogP contribution in [0.3, 0.4) is 0 Å². The first-order valence-corrected chi connectivity index (χ1v) is 9.09. The van der Waals surface area contributed by atoms with E-state index in [0.717, 1.165) is 44.1 Å². The van der Waals surface area contributed by atoms with Crippen LogP contribution in [0, 0.1) is 18.8 Å². The minimum absolute atomic E-state index is 0.0199. The number of hydrogen-bond acceptors (Lipinski definition) is 3. The summed E-state index contributed by atoms with van der Waals surface area (Å²) in [5, 5.41) is 10.7. The standard InChI is InChI=1S/C19H20F3N3O/c1-10-14(19(20,21)22)4-13(8-23-10)15-9-25(18-5-11(6-18)7-18)17(24-15)16(26)12-2-3-12/h4,8-9,11-12,16,26H,2-3,5-7H2,1H3. The smallest absolute Gasteiger partial charge is 0.385 e. The van der Waals surface area contributed by atoms with Crippen molar-refractivity contribution in [2.75, 3.05) is 0 Å². The monoisotopic (exact) mass is 363 g/mol. The number of aromatic nitrogens is 3. The van der Waals surface area contributed by atoms with Gasteiger partial charge in [0.1, 0.15) is 11.9 Å². The van der Waals surface area contributed by atoms with E-state index in [1.54, 1.807) is 0 Å². The maximum absolute atomic E-state index is 13.2. The molecular formula is C19H20F3N3O. The molecule has 1 N–H and O–H groups in total. The number of pyridine rings is 1. The van der Waals surface area contributed by atoms with E-state index in [2.05, 4.69) is 14.5 Å². The van der Waals surface area contributed by atoms with Crippen LogP contribution in [0.2, 0.25) is 0 Å². The molecule has 4 aliphatic rings. The van der Waals surface area contributed by atoms with Crippen LogP contribution in [0.5, 0.6) is 0 Å². The summed E-state index contributed by atoms with van der Waals surface area (Å²) in [6.45, 7) is 1.36. The molecule has 4 fully saturated rings. The summed E-state index contributed by atoms with van der Waals surface area (Å²) in [5.41, 5.74) is 0.0455. The van der Waals surface area contributed by atoms with Crippen LogP contribution in [0.15, 0.2) is 18.5 Å². The molecule has 4 nitrogen and oxygen atoms in total. The van der Waals surface area contributed by atoms with Crippen molar-refractivity contribution in [3.63, 3.8) is 0 Å². The topological polar surface area (TPSA) is 50.9 Å². The fourth-order valence-corrected chi connectivity index (χ4v) is 4.43. The van der Waals surface area contributed by atoms with Crippen LogP contribution < -0.4 is 0 Å². The Hall–Kier alpha value is -1.89. The number of nitrogens with zero attached hydrogens (tertiary/aromatic N) is 3. The van der Waals surface area contributed by atoms with E-state index < -0.39 is 17.8 Å². The molecule has 0 saturated heterocycles. The van der Waals surface area contributed by atoms with Crippen LogP contribution in [0.25, 0.3) is 11.3 Å². The van der Waals surface area contributed by atoms with E-state index in [0.29, 0.717) is 17.1 Å². The Balaban J connectivity index is 1.58. The van der Waals surface area contributed by atoms with Gasteiger partial charge in [-0.15, -0.1) is 0 Å². The molecule has 6 rings (SSSR count). The SMILES string of the molecule is Cc1ncc(-c2cn(C34CC(C3)C4)c(C(O)C3CC3)n2)cc1C(F)(F)F. The molecule has 4 aliphatic carbocycles. The second kappa shape index (κ2) is 5.09. The molecule has 0 aliphatic heterocycles. The quantitative estimate of drug-likeness (QED) is 0.885. The summed E-state index contributed by atoms with van der Waals surface area (Å²) in [7, 11) is 0. The van der Waals surface area contributed by atoms with E-state index in [-0.39, 0.29) is 17.2 Å². The lowest BCUT2D eigenvalue weighted by Crippen LogP contribution is -2.59. The van der Waals surface area contributed by atoms with E-state index in [1.165, 1.54) is 13.1 Å². The van der Waals surface area contributed by atoms with Gasteiger partial charge in [0.25, 0.3) is 0 Å². The maximum atomic E-state index is 13.2. The van der Waals surface area contributed by atoms with Gasteiger partial charge in [0.15, 0.2) is 0 Å². The Bertz CT molecular complexity index is 868. The summed E-state index contributed by atoms with van der Waals surface area (Å²) in [6, 6.07) is 1.12. The molecule has 7 heteroatoms. The van der Waals surface area contributed by atoms with Gasteiger partial charge in [-0.05, 0) is 56.9 Å². The van der Waals surface area contributed by atoms with E-state index in [1.807, 2.05) is 6.20 Å². The molecule has 138 valence electrons. The van der Waals surface area contributed by atoms with Gasteiger partial charge in [0.2, 0.25) is 0 Å². The first kappa shape index (κ1) is 16.3. The molecule has 4 saturated carbocycles. The van der Waals surface area contributed by atoms with E-state index in [9.17, 15) is 18.3 Å². The Labute approximate surface area is 149 Å². The first-order valence-electron chi connectivity index (χ1n) is 9.09. The molecule has 0 spiro atoms. The number of alkyl halides is 3. The average Bonchev–Trinajstić information content (AvgIpc) is 3.24. The molecule has 2 aromatic heterocycles. The molecule has 0 aromatic carbocycles. The molecule has 0 amide bonds. The summed E-state index contributed by atoms with van der Waals surface area (Å²) in [4.78, 5) is 8.50. The highest BCUT2D eigenvalue weighted by Gasteiger charge is 2.59. The van der Waals surface area contributed by atoms with E-state index in [4.69, 9.17) is 0 Å². The summed E-state index contributed by atoms with van der Waals surface area (Å²) >= 11 is 0. The lowest BCUT2D eigenvalue weighted by molar-refractivity contribution is -0.138. The van der Waals surface area contributed by atoms with Gasteiger partial charge < -0.3 is 9.67 Å². The van der Waals surface area contributed by atoms with Gasteiger partial charge in [-0.1, -0.05) is 0 Å². The fourth-order valence-electron chi connectivity index (χ4n) is 4.43. The van der Waals surface area contributed by atoms with Crippen molar-refractivity contribution in [1.29, 1.82) is 0 Å². The third-order valence-electron chi connectivity index (χ3n) is 6.27. The number of aryl methyl sites for hydroxylation is 1. The maximum Gasteiger partial charge on any atom is 0.418 e. The highest BCUT2D eigenvalue weighted by molar-refractivity contribution is 5.59. The Morgan fingerprint density at radius 1 is 1.27 bits per heavy atom. The van der Waals surface area contributed by atoms with Crippen molar-refractivity contribution in [1.82, 2.24) is 14.5 Å². The fraction of sp³-hybridized carbons (Fsp3) is 0.579. The first-order chi connectivity index (χ1) is 12.3. The number of rotatable bonds is 4. The van der Waals surface area contributed by atoms with Crippen LogP contribution in [-0.2, 0) is 11.7 Å². The second-order valence-electron chi connectivity index (χ2n) is 8.19. The molecule has 2 bridgehead atoms. The van der Waals surface area contributed by atoms with Gasteiger partial charge in [0, 0.05) is 29.2 Å². The van der Waals surface area contributed by atoms with Gasteiger partial charge in [0.05, 0.1) is 11.3 Å². The normalized spacial score (nSPS) is 28.4. The number of aliphatic hydroxyl groups excluding tert-OH is 1. The van der Waals surface area contributed by atoms with Gasteiger partial charge in [-0.2, -0.15) is 13.2 Å². The zero-order chi connectivity index (χ0) is 18.3. The van der Waals surface area contributed by atoms with Crippen molar-refractivity contribution in [2.24, 2.45) is 11.8 Å². The molecular weight excluding hydrogens is 343 g/mol. The molecule has 26 heavy (non-hydrogen) atoms. The van der Waals surface area contributed by atoms with Crippen molar-refractivity contribution < 1.29 is 18.3 Å². The third-order valence-corrected chi connectivity index (χ3v) is 6.27. The molecule has 1 unspecified atom stereocenters. The van der Waals surface area contributed by atoms with Gasteiger partial charge >= 0.3 is 6.18 Å². The Kier molecular flexibility index (Phi) is 3.19. The van der Waals surface area contributed by atoms with Crippen molar-refractivity contribution in [2.45, 2.75) is 56.8 Å². The molecule has 1 atom stereocenters. The number of imidazole rings is 1. The Morgan fingerprint density at radius 3 is 2.50 bits per heavy atom. The molecule has 2 heterocycles. The van der Waals surface area contributed by atoms with Gasteiger partial charge in [-0.25, -0.2) is 4.98 Å². The van der Waals surface area contributed by atoms with Crippen LogP contribution in [0.1, 0.15) is 55.3 Å². The largest absolute Gasteiger partial charge is 0.418 e. The Morgan fingerprint density at radius 2 is 1.96 bits per heavy atom. The molecule has 0 radical (unpaired) electrons. The lowest BCUT2D eigenvalue weighted by atomic mass is 9.49. The van der Waals surface area contributed by atoms with Crippen molar-refractivity contribution in [3.8, 4) is 11.3 Å². The second-order valence-corrected chi connectivity index (χ2v) is 8.19.